The molecule has 1 fully saturated rings. The molecule has 2 heterocycles. The average Bonchev–Trinajstić information content (AvgIpc) is 3.26. The SMILES string of the molecule is CCOC(=O)C(C)N1C(=O)S/C(=C/c2ccc(-c3cc(C(=O)O)ccc3C)o2)C1=O. The highest BCUT2D eigenvalue weighted by molar-refractivity contribution is 8.18. The largest absolute Gasteiger partial charge is 0.478 e. The van der Waals surface area contributed by atoms with E-state index in [2.05, 4.69) is 0 Å². The summed E-state index contributed by atoms with van der Waals surface area (Å²) in [7, 11) is 0. The molecule has 1 atom stereocenters. The van der Waals surface area contributed by atoms with Crippen LogP contribution in [0.1, 0.15) is 35.5 Å². The molecule has 1 N–H and O–H groups in total. The Morgan fingerprint density at radius 2 is 2.00 bits per heavy atom. The van der Waals surface area contributed by atoms with Crippen LogP contribution in [-0.4, -0.2) is 45.7 Å². The minimum Gasteiger partial charge on any atom is -0.478 e. The standard InChI is InChI=1S/C21H19NO7S/c1-4-28-20(26)12(3)22-18(23)17(30-21(22)27)10-14-7-8-16(29-14)15-9-13(19(24)25)6-5-11(15)2/h5-10,12H,4H2,1-3H3,(H,24,25)/b17-10+. The molecule has 0 saturated carbocycles. The third kappa shape index (κ3) is 4.16. The molecule has 2 aromatic rings. The van der Waals surface area contributed by atoms with E-state index in [9.17, 15) is 24.3 Å². The van der Waals surface area contributed by atoms with E-state index in [1.165, 1.54) is 25.1 Å². The second-order valence-electron chi connectivity index (χ2n) is 6.52. The Balaban J connectivity index is 1.86. The van der Waals surface area contributed by atoms with Crippen LogP contribution in [0.3, 0.4) is 0 Å². The third-order valence-electron chi connectivity index (χ3n) is 4.49. The highest BCUT2D eigenvalue weighted by atomic mass is 32.2. The zero-order chi connectivity index (χ0) is 22.0. The van der Waals surface area contributed by atoms with Crippen LogP contribution in [0.5, 0.6) is 0 Å². The van der Waals surface area contributed by atoms with Crippen molar-refractivity contribution in [2.24, 2.45) is 0 Å². The van der Waals surface area contributed by atoms with Crippen LogP contribution in [0.4, 0.5) is 4.79 Å². The molecule has 1 saturated heterocycles. The van der Waals surface area contributed by atoms with Crippen LogP contribution < -0.4 is 0 Å². The molecular weight excluding hydrogens is 410 g/mol. The van der Waals surface area contributed by atoms with E-state index in [0.29, 0.717) is 28.8 Å². The lowest BCUT2D eigenvalue weighted by atomic mass is 10.0. The molecule has 0 spiro atoms. The summed E-state index contributed by atoms with van der Waals surface area (Å²) in [6.45, 7) is 5.04. The van der Waals surface area contributed by atoms with Crippen molar-refractivity contribution in [3.63, 3.8) is 0 Å². The number of hydrogen-bond donors (Lipinski definition) is 1. The number of furan rings is 1. The molecule has 1 aliphatic rings. The molecule has 1 aliphatic heterocycles. The molecule has 156 valence electrons. The Morgan fingerprint density at radius 3 is 2.67 bits per heavy atom. The minimum absolute atomic E-state index is 0.119. The Bertz CT molecular complexity index is 1070. The molecule has 30 heavy (non-hydrogen) atoms. The van der Waals surface area contributed by atoms with Crippen LogP contribution in [-0.2, 0) is 14.3 Å². The Hall–Kier alpha value is -3.33. The number of nitrogens with zero attached hydrogens (tertiary/aromatic N) is 1. The van der Waals surface area contributed by atoms with Crippen molar-refractivity contribution in [2.45, 2.75) is 26.8 Å². The maximum Gasteiger partial charge on any atom is 0.335 e. The lowest BCUT2D eigenvalue weighted by Gasteiger charge is -2.19. The summed E-state index contributed by atoms with van der Waals surface area (Å²) in [5.74, 6) is -1.56. The Labute approximate surface area is 176 Å². The number of carbonyl (C=O) groups is 4. The van der Waals surface area contributed by atoms with Gasteiger partial charge in [0.25, 0.3) is 11.1 Å². The Kier molecular flexibility index (Phi) is 6.12. The predicted octanol–water partition coefficient (Wildman–Crippen LogP) is 3.94. The van der Waals surface area contributed by atoms with Gasteiger partial charge in [0.2, 0.25) is 0 Å². The first-order valence-electron chi connectivity index (χ1n) is 9.10. The van der Waals surface area contributed by atoms with E-state index in [1.54, 1.807) is 25.1 Å². The molecular formula is C21H19NO7S. The van der Waals surface area contributed by atoms with Crippen LogP contribution in [0.15, 0.2) is 39.7 Å². The number of esters is 1. The van der Waals surface area contributed by atoms with E-state index >= 15 is 0 Å². The molecule has 3 rings (SSSR count). The fraction of sp³-hybridized carbons (Fsp3) is 0.238. The van der Waals surface area contributed by atoms with E-state index in [4.69, 9.17) is 9.15 Å². The van der Waals surface area contributed by atoms with Crippen molar-refractivity contribution in [2.75, 3.05) is 6.61 Å². The van der Waals surface area contributed by atoms with Gasteiger partial charge in [-0.2, -0.15) is 0 Å². The minimum atomic E-state index is -1.05. The molecule has 1 aromatic carbocycles. The topological polar surface area (TPSA) is 114 Å². The number of rotatable bonds is 6. The highest BCUT2D eigenvalue weighted by Crippen LogP contribution is 2.35. The van der Waals surface area contributed by atoms with Crippen molar-refractivity contribution < 1.29 is 33.4 Å². The van der Waals surface area contributed by atoms with Crippen molar-refractivity contribution in [1.29, 1.82) is 0 Å². The monoisotopic (exact) mass is 429 g/mol. The van der Waals surface area contributed by atoms with Gasteiger partial charge in [-0.15, -0.1) is 0 Å². The van der Waals surface area contributed by atoms with Gasteiger partial charge in [0.1, 0.15) is 17.6 Å². The van der Waals surface area contributed by atoms with E-state index in [1.807, 2.05) is 6.92 Å². The lowest BCUT2D eigenvalue weighted by Crippen LogP contribution is -2.42. The number of hydrogen-bond acceptors (Lipinski definition) is 7. The van der Waals surface area contributed by atoms with Gasteiger partial charge in [-0.1, -0.05) is 6.07 Å². The van der Waals surface area contributed by atoms with Crippen molar-refractivity contribution in [1.82, 2.24) is 4.90 Å². The maximum atomic E-state index is 12.6. The van der Waals surface area contributed by atoms with Gasteiger partial charge in [0, 0.05) is 11.6 Å². The van der Waals surface area contributed by atoms with Crippen LogP contribution in [0.25, 0.3) is 17.4 Å². The first-order valence-corrected chi connectivity index (χ1v) is 9.92. The maximum absolute atomic E-state index is 12.6. The number of aromatic carboxylic acids is 1. The van der Waals surface area contributed by atoms with Gasteiger partial charge in [0.05, 0.1) is 17.1 Å². The van der Waals surface area contributed by atoms with Crippen LogP contribution in [0, 0.1) is 6.92 Å². The number of amides is 2. The number of benzene rings is 1. The summed E-state index contributed by atoms with van der Waals surface area (Å²) >= 11 is 0.708. The number of carboxylic acid groups (broad SMARTS) is 1. The van der Waals surface area contributed by atoms with Gasteiger partial charge in [-0.25, -0.2) is 9.59 Å². The predicted molar refractivity (Wildman–Crippen MR) is 110 cm³/mol. The lowest BCUT2D eigenvalue weighted by molar-refractivity contribution is -0.150. The second-order valence-corrected chi connectivity index (χ2v) is 7.51. The second kappa shape index (κ2) is 8.58. The highest BCUT2D eigenvalue weighted by Gasteiger charge is 2.41. The Morgan fingerprint density at radius 1 is 1.27 bits per heavy atom. The first kappa shape index (κ1) is 21.4. The van der Waals surface area contributed by atoms with Crippen molar-refractivity contribution >= 4 is 40.9 Å². The number of carboxylic acids is 1. The third-order valence-corrected chi connectivity index (χ3v) is 5.37. The zero-order valence-corrected chi connectivity index (χ0v) is 17.3. The van der Waals surface area contributed by atoms with Crippen molar-refractivity contribution in [3.05, 3.63) is 52.1 Å². The first-order chi connectivity index (χ1) is 14.2. The van der Waals surface area contributed by atoms with Gasteiger partial charge in [0.15, 0.2) is 0 Å². The van der Waals surface area contributed by atoms with Gasteiger partial charge < -0.3 is 14.3 Å². The number of carbonyl (C=O) groups excluding carboxylic acids is 3. The zero-order valence-electron chi connectivity index (χ0n) is 16.5. The number of imide groups is 1. The van der Waals surface area contributed by atoms with Crippen molar-refractivity contribution in [3.8, 4) is 11.3 Å². The fourth-order valence-electron chi connectivity index (χ4n) is 2.91. The number of ether oxygens (including phenoxy) is 1. The number of thioether (sulfide) groups is 1. The van der Waals surface area contributed by atoms with Crippen LogP contribution >= 0.6 is 11.8 Å². The summed E-state index contributed by atoms with van der Waals surface area (Å²) in [5, 5.41) is 8.62. The van der Waals surface area contributed by atoms with Crippen LogP contribution in [0.2, 0.25) is 0 Å². The summed E-state index contributed by atoms with van der Waals surface area (Å²) in [4.78, 5) is 49.0. The molecule has 9 heteroatoms. The molecule has 8 nitrogen and oxygen atoms in total. The van der Waals surface area contributed by atoms with E-state index in [0.717, 1.165) is 10.5 Å². The average molecular weight is 429 g/mol. The molecule has 0 radical (unpaired) electrons. The normalized spacial score (nSPS) is 16.2. The van der Waals surface area contributed by atoms with E-state index < -0.39 is 29.1 Å². The molecule has 0 bridgehead atoms. The molecule has 0 aliphatic carbocycles. The van der Waals surface area contributed by atoms with E-state index in [-0.39, 0.29) is 17.1 Å². The van der Waals surface area contributed by atoms with Gasteiger partial charge >= 0.3 is 11.9 Å². The summed E-state index contributed by atoms with van der Waals surface area (Å²) in [6, 6.07) is 6.94. The number of aryl methyl sites for hydroxylation is 1. The summed E-state index contributed by atoms with van der Waals surface area (Å²) in [5.41, 5.74) is 1.56. The van der Waals surface area contributed by atoms with Gasteiger partial charge in [-0.3, -0.25) is 14.5 Å². The fourth-order valence-corrected chi connectivity index (χ4v) is 3.80. The summed E-state index contributed by atoms with van der Waals surface area (Å²) in [6.07, 6.45) is 1.42. The summed E-state index contributed by atoms with van der Waals surface area (Å²) < 4.78 is 10.6. The smallest absolute Gasteiger partial charge is 0.335 e. The molecule has 2 amide bonds. The molecule has 1 aromatic heterocycles. The quantitative estimate of drug-likeness (QED) is 0.542. The van der Waals surface area contributed by atoms with Gasteiger partial charge in [-0.05, 0) is 62.4 Å². The molecule has 1 unspecified atom stereocenters.